The van der Waals surface area contributed by atoms with E-state index in [9.17, 15) is 4.91 Å². The minimum absolute atomic E-state index is 0.408. The molecule has 0 amide bonds. The molecular formula is C10H18NO+. The second kappa shape index (κ2) is 2.30. The van der Waals surface area contributed by atoms with Gasteiger partial charge in [0.2, 0.25) is 0 Å². The van der Waals surface area contributed by atoms with Crippen LogP contribution in [-0.4, -0.2) is 17.8 Å². The van der Waals surface area contributed by atoms with Crippen LogP contribution in [0.15, 0.2) is 0 Å². The van der Waals surface area contributed by atoms with E-state index >= 15 is 0 Å². The molecule has 68 valence electrons. The van der Waals surface area contributed by atoms with E-state index in [0.717, 1.165) is 19.5 Å². The van der Waals surface area contributed by atoms with E-state index in [-0.39, 0.29) is 0 Å². The van der Waals surface area contributed by atoms with Crippen molar-refractivity contribution in [2.45, 2.75) is 39.5 Å². The van der Waals surface area contributed by atoms with Crippen LogP contribution in [0.2, 0.25) is 0 Å². The van der Waals surface area contributed by atoms with Crippen molar-refractivity contribution < 1.29 is 4.76 Å². The quantitative estimate of drug-likeness (QED) is 0.508. The Hall–Kier alpha value is -0.400. The first-order valence-corrected chi connectivity index (χ1v) is 4.94. The van der Waals surface area contributed by atoms with Crippen LogP contribution < -0.4 is 0 Å². The molecule has 0 bridgehead atoms. The van der Waals surface area contributed by atoms with Gasteiger partial charge in [-0.3, -0.25) is 0 Å². The lowest BCUT2D eigenvalue weighted by atomic mass is 9.81. The van der Waals surface area contributed by atoms with Crippen LogP contribution in [-0.2, 0) is 0 Å². The maximum atomic E-state index is 11.1. The van der Waals surface area contributed by atoms with E-state index < -0.39 is 0 Å². The maximum Gasteiger partial charge on any atom is 0.197 e. The van der Waals surface area contributed by atoms with Crippen LogP contribution >= 0.6 is 0 Å². The summed E-state index contributed by atoms with van der Waals surface area (Å²) in [5.41, 5.74) is 0.899. The Bertz CT molecular complexity index is 222. The lowest BCUT2D eigenvalue weighted by Crippen LogP contribution is -2.20. The molecule has 2 nitrogen and oxygen atoms in total. The number of nitrogens with zero attached hydrogens (tertiary/aromatic N) is 1. The minimum atomic E-state index is 0.408. The van der Waals surface area contributed by atoms with E-state index in [0.29, 0.717) is 10.8 Å². The highest BCUT2D eigenvalue weighted by atomic mass is 16.3. The first-order chi connectivity index (χ1) is 5.52. The van der Waals surface area contributed by atoms with Crippen LogP contribution in [0.25, 0.3) is 0 Å². The summed E-state index contributed by atoms with van der Waals surface area (Å²) < 4.78 is 1.25. The average Bonchev–Trinajstić information content (AvgIpc) is 2.41. The van der Waals surface area contributed by atoms with Gasteiger partial charge in [-0.05, 0) is 29.4 Å². The van der Waals surface area contributed by atoms with Crippen molar-refractivity contribution in [3.8, 4) is 0 Å². The topological polar surface area (TPSA) is 20.1 Å². The zero-order valence-corrected chi connectivity index (χ0v) is 8.10. The average molecular weight is 168 g/mol. The predicted octanol–water partition coefficient (Wildman–Crippen LogP) is 2.37. The van der Waals surface area contributed by atoms with Crippen molar-refractivity contribution in [2.24, 2.45) is 10.8 Å². The molecule has 2 aliphatic rings. The molecule has 1 saturated carbocycles. The highest BCUT2D eigenvalue weighted by Crippen LogP contribution is 2.52. The molecule has 12 heavy (non-hydrogen) atoms. The first-order valence-electron chi connectivity index (χ1n) is 4.94. The van der Waals surface area contributed by atoms with Gasteiger partial charge in [0, 0.05) is 16.7 Å². The third-order valence-electron chi connectivity index (χ3n) is 3.59. The summed E-state index contributed by atoms with van der Waals surface area (Å²) in [6.45, 7) is 6.23. The fourth-order valence-corrected chi connectivity index (χ4v) is 3.04. The Morgan fingerprint density at radius 1 is 1.17 bits per heavy atom. The molecule has 0 radical (unpaired) electrons. The molecule has 1 saturated heterocycles. The number of nitroso groups, excluding NO2 is 1. The zero-order chi connectivity index (χ0) is 8.82. The number of hydrogen-bond donors (Lipinski definition) is 0. The maximum absolute atomic E-state index is 11.1. The van der Waals surface area contributed by atoms with Gasteiger partial charge >= 0.3 is 0 Å². The van der Waals surface area contributed by atoms with Crippen LogP contribution in [0.1, 0.15) is 39.5 Å². The smallest absolute Gasteiger partial charge is 0.0599 e. The molecule has 1 aliphatic carbocycles. The largest absolute Gasteiger partial charge is 0.197 e. The molecule has 1 heterocycles. The number of hydrogen-bond acceptors (Lipinski definition) is 1. The molecule has 0 N–H and O–H groups in total. The Kier molecular flexibility index (Phi) is 1.57. The monoisotopic (exact) mass is 168 g/mol. The van der Waals surface area contributed by atoms with E-state index in [1.807, 2.05) is 0 Å². The van der Waals surface area contributed by atoms with Gasteiger partial charge in [0.25, 0.3) is 0 Å². The minimum Gasteiger partial charge on any atom is -0.0599 e. The number of rotatable bonds is 0. The summed E-state index contributed by atoms with van der Waals surface area (Å²) in [6, 6.07) is 0. The van der Waals surface area contributed by atoms with Crippen molar-refractivity contribution in [1.29, 1.82) is 0 Å². The van der Waals surface area contributed by atoms with Crippen molar-refractivity contribution in [1.82, 2.24) is 0 Å². The van der Waals surface area contributed by atoms with Crippen molar-refractivity contribution >= 4 is 0 Å². The molecule has 0 aromatic heterocycles. The van der Waals surface area contributed by atoms with Gasteiger partial charge in [0.1, 0.15) is 0 Å². The van der Waals surface area contributed by atoms with Crippen LogP contribution in [0.4, 0.5) is 0 Å². The van der Waals surface area contributed by atoms with E-state index in [1.165, 1.54) is 24.0 Å². The van der Waals surface area contributed by atoms with Crippen molar-refractivity contribution in [3.05, 3.63) is 4.91 Å². The van der Waals surface area contributed by atoms with Gasteiger partial charge in [0.05, 0.1) is 0 Å². The zero-order valence-electron chi connectivity index (χ0n) is 8.10. The lowest BCUT2D eigenvalue weighted by molar-refractivity contribution is -0.533. The SMILES string of the molecule is CC1(C)CCC2(CC[N+](=O)C2)C1. The fourth-order valence-electron chi connectivity index (χ4n) is 3.04. The fraction of sp³-hybridized carbons (Fsp3) is 1.00. The molecule has 1 spiro atoms. The summed E-state index contributed by atoms with van der Waals surface area (Å²) in [5.74, 6) is 0. The van der Waals surface area contributed by atoms with E-state index in [4.69, 9.17) is 0 Å². The lowest BCUT2D eigenvalue weighted by Gasteiger charge is -2.20. The highest BCUT2D eigenvalue weighted by molar-refractivity contribution is 4.94. The second-order valence-electron chi connectivity index (χ2n) is 5.45. The Labute approximate surface area is 73.9 Å². The predicted molar refractivity (Wildman–Crippen MR) is 48.0 cm³/mol. The van der Waals surface area contributed by atoms with Crippen molar-refractivity contribution in [3.63, 3.8) is 0 Å². The summed E-state index contributed by atoms with van der Waals surface area (Å²) in [5, 5.41) is 0. The van der Waals surface area contributed by atoms with Gasteiger partial charge in [-0.25, -0.2) is 0 Å². The summed E-state index contributed by atoms with van der Waals surface area (Å²) in [4.78, 5) is 11.1. The van der Waals surface area contributed by atoms with Gasteiger partial charge in [-0.1, -0.05) is 13.8 Å². The van der Waals surface area contributed by atoms with Crippen LogP contribution in [0.3, 0.4) is 0 Å². The third kappa shape index (κ3) is 1.27. The molecule has 0 aromatic rings. The molecule has 1 atom stereocenters. The van der Waals surface area contributed by atoms with Gasteiger partial charge in [-0.15, -0.1) is 0 Å². The molecule has 1 unspecified atom stereocenters. The first kappa shape index (κ1) is 8.21. The Morgan fingerprint density at radius 2 is 1.92 bits per heavy atom. The van der Waals surface area contributed by atoms with E-state index in [1.54, 1.807) is 0 Å². The summed E-state index contributed by atoms with van der Waals surface area (Å²) >= 11 is 0. The standard InChI is InChI=1S/C10H18NO/c1-9(2)3-4-10(7-9)5-6-11(12)8-10/h3-8H2,1-2H3/q+1. The van der Waals surface area contributed by atoms with Gasteiger partial charge in [-0.2, -0.15) is 0 Å². The second-order valence-corrected chi connectivity index (χ2v) is 5.45. The van der Waals surface area contributed by atoms with Crippen molar-refractivity contribution in [2.75, 3.05) is 13.1 Å². The highest BCUT2D eigenvalue weighted by Gasteiger charge is 2.51. The molecule has 1 aliphatic heterocycles. The Balaban J connectivity index is 2.11. The Morgan fingerprint density at radius 3 is 2.33 bits per heavy atom. The van der Waals surface area contributed by atoms with E-state index in [2.05, 4.69) is 13.8 Å². The molecule has 2 fully saturated rings. The van der Waals surface area contributed by atoms with Crippen LogP contribution in [0.5, 0.6) is 0 Å². The van der Waals surface area contributed by atoms with Crippen LogP contribution in [0, 0.1) is 15.7 Å². The van der Waals surface area contributed by atoms with Gasteiger partial charge in [0.15, 0.2) is 13.1 Å². The normalized spacial score (nSPS) is 39.7. The molecule has 2 heteroatoms. The molecule has 2 rings (SSSR count). The summed E-state index contributed by atoms with van der Waals surface area (Å²) in [6.07, 6.45) is 4.98. The third-order valence-corrected chi connectivity index (χ3v) is 3.59. The molecular weight excluding hydrogens is 150 g/mol. The van der Waals surface area contributed by atoms with Gasteiger partial charge < -0.3 is 0 Å². The molecule has 0 aromatic carbocycles. The summed E-state index contributed by atoms with van der Waals surface area (Å²) in [7, 11) is 0.